The quantitative estimate of drug-likeness (QED) is 0.712. The van der Waals surface area contributed by atoms with Crippen LogP contribution in [-0.2, 0) is 17.8 Å². The molecule has 16 heavy (non-hydrogen) atoms. The number of carbonyl (C=O) groups is 1. The summed E-state index contributed by atoms with van der Waals surface area (Å²) in [6.45, 7) is 0.983. The van der Waals surface area contributed by atoms with E-state index in [2.05, 4.69) is 4.99 Å². The molecular weight excluding hydrogens is 247 g/mol. The van der Waals surface area contributed by atoms with E-state index in [9.17, 15) is 4.79 Å². The summed E-state index contributed by atoms with van der Waals surface area (Å²) in [5.74, 6) is 0.765. The van der Waals surface area contributed by atoms with Gasteiger partial charge in [0.05, 0.1) is 10.0 Å². The maximum atomic E-state index is 11.2. The highest BCUT2D eigenvalue weighted by molar-refractivity contribution is 6.42. The third-order valence-electron chi connectivity index (χ3n) is 2.94. The number of hydrogen-bond acceptors (Lipinski definition) is 2. The number of amides is 1. The Balaban J connectivity index is 2.08. The summed E-state index contributed by atoms with van der Waals surface area (Å²) in [4.78, 5) is 17.2. The second-order valence-corrected chi connectivity index (χ2v) is 4.74. The van der Waals surface area contributed by atoms with Crippen molar-refractivity contribution in [1.82, 2.24) is 4.90 Å². The van der Waals surface area contributed by atoms with Crippen molar-refractivity contribution in [3.05, 3.63) is 33.3 Å². The molecule has 2 aliphatic rings. The molecule has 2 heterocycles. The molecule has 2 aliphatic heterocycles. The van der Waals surface area contributed by atoms with Gasteiger partial charge in [0.15, 0.2) is 0 Å². The number of amidine groups is 1. The molecule has 0 saturated carbocycles. The third kappa shape index (κ3) is 1.43. The molecule has 1 amide bonds. The Morgan fingerprint density at radius 2 is 2.06 bits per heavy atom. The summed E-state index contributed by atoms with van der Waals surface area (Å²) >= 11 is 12.1. The molecule has 5 heteroatoms. The predicted molar refractivity (Wildman–Crippen MR) is 63.0 cm³/mol. The first kappa shape index (κ1) is 10.1. The zero-order valence-electron chi connectivity index (χ0n) is 8.33. The number of hydrogen-bond donors (Lipinski definition) is 0. The Hall–Kier alpha value is -1.06. The summed E-state index contributed by atoms with van der Waals surface area (Å²) in [7, 11) is 0. The van der Waals surface area contributed by atoms with E-state index in [1.807, 2.05) is 11.0 Å². The van der Waals surface area contributed by atoms with Gasteiger partial charge in [-0.1, -0.05) is 29.3 Å². The molecule has 0 spiro atoms. The Morgan fingerprint density at radius 1 is 1.25 bits per heavy atom. The first-order valence-corrected chi connectivity index (χ1v) is 5.72. The van der Waals surface area contributed by atoms with E-state index < -0.39 is 0 Å². The normalized spacial score (nSPS) is 18.2. The molecule has 0 unspecified atom stereocenters. The number of carbonyl (C=O) groups excluding carboxylic acids is 1. The van der Waals surface area contributed by atoms with Gasteiger partial charge in [0.2, 0.25) is 0 Å². The molecule has 0 aliphatic carbocycles. The fourth-order valence-electron chi connectivity index (χ4n) is 2.13. The minimum atomic E-state index is -0.0787. The van der Waals surface area contributed by atoms with Gasteiger partial charge >= 0.3 is 0 Å². The second-order valence-electron chi connectivity index (χ2n) is 3.95. The molecule has 0 bridgehead atoms. The molecule has 1 aromatic rings. The molecule has 0 aromatic heterocycles. The third-order valence-corrected chi connectivity index (χ3v) is 3.78. The molecule has 0 fully saturated rings. The van der Waals surface area contributed by atoms with Crippen LogP contribution in [0.5, 0.6) is 0 Å². The van der Waals surface area contributed by atoms with Crippen molar-refractivity contribution in [1.29, 1.82) is 0 Å². The van der Waals surface area contributed by atoms with Crippen molar-refractivity contribution >= 4 is 34.9 Å². The number of rotatable bonds is 0. The smallest absolute Gasteiger partial charge is 0.266 e. The molecule has 3 rings (SSSR count). The van der Waals surface area contributed by atoms with Crippen LogP contribution in [0.4, 0.5) is 0 Å². The lowest BCUT2D eigenvalue weighted by molar-refractivity contribution is -0.117. The summed E-state index contributed by atoms with van der Waals surface area (Å²) in [6.07, 6.45) is 0.665. The van der Waals surface area contributed by atoms with Gasteiger partial charge in [-0.15, -0.1) is 0 Å². The minimum absolute atomic E-state index is 0.0787. The van der Waals surface area contributed by atoms with E-state index >= 15 is 0 Å². The number of benzene rings is 1. The highest BCUT2D eigenvalue weighted by Crippen LogP contribution is 2.33. The molecule has 1 aromatic carbocycles. The van der Waals surface area contributed by atoms with Crippen molar-refractivity contribution in [2.45, 2.75) is 13.0 Å². The largest absolute Gasteiger partial charge is 0.346 e. The van der Waals surface area contributed by atoms with E-state index in [4.69, 9.17) is 23.2 Å². The number of fused-ring (bicyclic) bond motifs is 2. The van der Waals surface area contributed by atoms with Gasteiger partial charge < -0.3 is 4.90 Å². The monoisotopic (exact) mass is 254 g/mol. The van der Waals surface area contributed by atoms with Gasteiger partial charge in [-0.3, -0.25) is 4.79 Å². The van der Waals surface area contributed by atoms with Gasteiger partial charge in [0.25, 0.3) is 5.91 Å². The van der Waals surface area contributed by atoms with E-state index in [-0.39, 0.29) is 5.91 Å². The van der Waals surface area contributed by atoms with Crippen LogP contribution in [0.2, 0.25) is 10.0 Å². The first-order valence-electron chi connectivity index (χ1n) is 4.96. The molecule has 0 radical (unpaired) electrons. The van der Waals surface area contributed by atoms with Gasteiger partial charge in [-0.05, 0) is 17.2 Å². The van der Waals surface area contributed by atoms with E-state index in [1.165, 1.54) is 0 Å². The topological polar surface area (TPSA) is 32.7 Å². The lowest BCUT2D eigenvalue weighted by atomic mass is 9.99. The van der Waals surface area contributed by atoms with Crippen LogP contribution in [0, 0.1) is 0 Å². The summed E-state index contributed by atoms with van der Waals surface area (Å²) in [5.41, 5.74) is 2.13. The van der Waals surface area contributed by atoms with Crippen LogP contribution in [0.25, 0.3) is 0 Å². The number of nitrogens with zero attached hydrogens (tertiary/aromatic N) is 2. The fourth-order valence-corrected chi connectivity index (χ4v) is 2.55. The Bertz CT molecular complexity index is 525. The van der Waals surface area contributed by atoms with Gasteiger partial charge in [-0.2, -0.15) is 4.99 Å². The molecular formula is C11H8Cl2N2O. The average molecular weight is 255 g/mol. The number of halogens is 2. The molecule has 0 N–H and O–H groups in total. The van der Waals surface area contributed by atoms with Crippen LogP contribution in [0.15, 0.2) is 17.1 Å². The lowest BCUT2D eigenvalue weighted by Gasteiger charge is -2.27. The molecule has 82 valence electrons. The van der Waals surface area contributed by atoms with Crippen molar-refractivity contribution in [3.63, 3.8) is 0 Å². The van der Waals surface area contributed by atoms with Gasteiger partial charge in [-0.25, -0.2) is 0 Å². The number of aliphatic imine (C=N–C) groups is 1. The maximum Gasteiger partial charge on any atom is 0.266 e. The predicted octanol–water partition coefficient (Wildman–Crippen LogP) is 2.29. The molecule has 0 atom stereocenters. The Labute approximate surface area is 103 Å². The first-order chi connectivity index (χ1) is 7.65. The lowest BCUT2D eigenvalue weighted by Crippen LogP contribution is -2.33. The van der Waals surface area contributed by atoms with Crippen LogP contribution < -0.4 is 0 Å². The van der Waals surface area contributed by atoms with Crippen LogP contribution in [0.3, 0.4) is 0 Å². The SMILES string of the molecule is O=C1CN2Cc3c(ccc(Cl)c3Cl)CC2=N1. The van der Waals surface area contributed by atoms with Crippen molar-refractivity contribution in [2.24, 2.45) is 4.99 Å². The summed E-state index contributed by atoms with van der Waals surface area (Å²) in [6, 6.07) is 3.74. The van der Waals surface area contributed by atoms with E-state index in [1.54, 1.807) is 6.07 Å². The fraction of sp³-hybridized carbons (Fsp3) is 0.273. The highest BCUT2D eigenvalue weighted by atomic mass is 35.5. The Morgan fingerprint density at radius 3 is 2.88 bits per heavy atom. The summed E-state index contributed by atoms with van der Waals surface area (Å²) < 4.78 is 0. The van der Waals surface area contributed by atoms with E-state index in [0.717, 1.165) is 17.0 Å². The van der Waals surface area contributed by atoms with Crippen molar-refractivity contribution in [2.75, 3.05) is 6.54 Å². The minimum Gasteiger partial charge on any atom is -0.346 e. The van der Waals surface area contributed by atoms with E-state index in [0.29, 0.717) is 29.6 Å². The van der Waals surface area contributed by atoms with Crippen LogP contribution in [0.1, 0.15) is 11.1 Å². The zero-order chi connectivity index (χ0) is 11.3. The molecule has 0 saturated heterocycles. The highest BCUT2D eigenvalue weighted by Gasteiger charge is 2.29. The zero-order valence-corrected chi connectivity index (χ0v) is 9.85. The molecule has 3 nitrogen and oxygen atoms in total. The standard InChI is InChI=1S/C11H8Cl2N2O/c12-8-2-1-6-3-9-14-10(16)5-15(9)4-7(6)11(8)13/h1-2H,3-5H2. The maximum absolute atomic E-state index is 11.2. The summed E-state index contributed by atoms with van der Waals surface area (Å²) in [5, 5.41) is 1.16. The Kier molecular flexibility index (Phi) is 2.19. The van der Waals surface area contributed by atoms with Gasteiger partial charge in [0.1, 0.15) is 12.4 Å². The average Bonchev–Trinajstić information content (AvgIpc) is 2.61. The van der Waals surface area contributed by atoms with Crippen LogP contribution >= 0.6 is 23.2 Å². The van der Waals surface area contributed by atoms with Crippen molar-refractivity contribution < 1.29 is 4.79 Å². The van der Waals surface area contributed by atoms with Crippen LogP contribution in [-0.4, -0.2) is 23.2 Å². The second kappa shape index (κ2) is 3.47. The van der Waals surface area contributed by atoms with Crippen molar-refractivity contribution in [3.8, 4) is 0 Å². The van der Waals surface area contributed by atoms with Gasteiger partial charge in [0, 0.05) is 13.0 Å².